The summed E-state index contributed by atoms with van der Waals surface area (Å²) in [6, 6.07) is 0. The van der Waals surface area contributed by atoms with Crippen LogP contribution in [0.15, 0.2) is 11.3 Å². The number of hydrogen-bond acceptors (Lipinski definition) is 5. The third kappa shape index (κ3) is 4.13. The standard InChI is InChI=1S/C9H18O5Si/c1-6-14-9(10)8(2)7-15(11-3,12-4)13-5/h7H,6H2,1-5H3. The van der Waals surface area contributed by atoms with Crippen LogP contribution in [0, 0.1) is 0 Å². The van der Waals surface area contributed by atoms with Gasteiger partial charge in [-0.1, -0.05) is 0 Å². The Labute approximate surface area is 91.3 Å². The molecule has 0 aromatic carbocycles. The lowest BCUT2D eigenvalue weighted by Crippen LogP contribution is -2.41. The first-order valence-corrected chi connectivity index (χ1v) is 6.37. The van der Waals surface area contributed by atoms with E-state index in [1.807, 2.05) is 0 Å². The zero-order chi connectivity index (χ0) is 11.9. The van der Waals surface area contributed by atoms with Gasteiger partial charge in [0.1, 0.15) is 0 Å². The van der Waals surface area contributed by atoms with Crippen molar-refractivity contribution < 1.29 is 22.8 Å². The van der Waals surface area contributed by atoms with Crippen LogP contribution in [0.1, 0.15) is 13.8 Å². The average Bonchev–Trinajstić information content (AvgIpc) is 2.26. The maximum absolute atomic E-state index is 11.3. The quantitative estimate of drug-likeness (QED) is 0.388. The Hall–Kier alpha value is -0.693. The van der Waals surface area contributed by atoms with Crippen molar-refractivity contribution in [1.29, 1.82) is 0 Å². The number of hydrogen-bond donors (Lipinski definition) is 0. The number of ether oxygens (including phenoxy) is 1. The average molecular weight is 234 g/mol. The predicted molar refractivity (Wildman–Crippen MR) is 57.2 cm³/mol. The molecule has 15 heavy (non-hydrogen) atoms. The van der Waals surface area contributed by atoms with E-state index in [0.717, 1.165) is 0 Å². The fourth-order valence-electron chi connectivity index (χ4n) is 0.996. The van der Waals surface area contributed by atoms with Gasteiger partial charge in [0.15, 0.2) is 0 Å². The number of esters is 1. The highest BCUT2D eigenvalue weighted by atomic mass is 28.4. The van der Waals surface area contributed by atoms with Crippen LogP contribution in [-0.4, -0.2) is 42.7 Å². The van der Waals surface area contributed by atoms with E-state index in [2.05, 4.69) is 0 Å². The fraction of sp³-hybridized carbons (Fsp3) is 0.667. The molecule has 0 heterocycles. The summed E-state index contributed by atoms with van der Waals surface area (Å²) in [7, 11) is 1.61. The lowest BCUT2D eigenvalue weighted by Gasteiger charge is -2.21. The molecular formula is C9H18O5Si. The van der Waals surface area contributed by atoms with Crippen LogP contribution in [0.4, 0.5) is 0 Å². The van der Waals surface area contributed by atoms with Crippen LogP contribution in [-0.2, 0) is 22.8 Å². The van der Waals surface area contributed by atoms with Crippen molar-refractivity contribution in [2.45, 2.75) is 13.8 Å². The molecule has 0 spiro atoms. The SMILES string of the molecule is CCOC(=O)C(C)=C[Si](OC)(OC)OC. The lowest BCUT2D eigenvalue weighted by molar-refractivity contribution is -0.138. The van der Waals surface area contributed by atoms with Gasteiger partial charge in [-0.2, -0.15) is 0 Å². The highest BCUT2D eigenvalue weighted by Gasteiger charge is 2.36. The maximum atomic E-state index is 11.3. The summed E-state index contributed by atoms with van der Waals surface area (Å²) in [6.45, 7) is 3.72. The van der Waals surface area contributed by atoms with Crippen molar-refractivity contribution in [3.05, 3.63) is 11.3 Å². The van der Waals surface area contributed by atoms with E-state index in [0.29, 0.717) is 12.2 Å². The number of rotatable bonds is 6. The molecule has 0 aliphatic rings. The largest absolute Gasteiger partial charge is 0.529 e. The van der Waals surface area contributed by atoms with Crippen LogP contribution in [0.5, 0.6) is 0 Å². The lowest BCUT2D eigenvalue weighted by atomic mass is 10.4. The molecular weight excluding hydrogens is 216 g/mol. The van der Waals surface area contributed by atoms with Crippen LogP contribution in [0.2, 0.25) is 0 Å². The number of carbonyl (C=O) groups is 1. The van der Waals surface area contributed by atoms with Gasteiger partial charge in [-0.3, -0.25) is 0 Å². The maximum Gasteiger partial charge on any atom is 0.529 e. The van der Waals surface area contributed by atoms with Crippen LogP contribution in [0.3, 0.4) is 0 Å². The monoisotopic (exact) mass is 234 g/mol. The van der Waals surface area contributed by atoms with Gasteiger partial charge in [-0.15, -0.1) is 0 Å². The summed E-state index contributed by atoms with van der Waals surface area (Å²) < 4.78 is 20.3. The van der Waals surface area contributed by atoms with Crippen molar-refractivity contribution >= 4 is 14.8 Å². The minimum Gasteiger partial charge on any atom is -0.463 e. The molecule has 88 valence electrons. The zero-order valence-electron chi connectivity index (χ0n) is 9.83. The van der Waals surface area contributed by atoms with Crippen molar-refractivity contribution in [2.24, 2.45) is 0 Å². The first kappa shape index (κ1) is 14.3. The van der Waals surface area contributed by atoms with Gasteiger partial charge < -0.3 is 18.0 Å². The minimum absolute atomic E-state index is 0.339. The van der Waals surface area contributed by atoms with Gasteiger partial charge in [0.05, 0.1) is 6.61 Å². The van der Waals surface area contributed by atoms with Crippen LogP contribution >= 0.6 is 0 Å². The third-order valence-electron chi connectivity index (χ3n) is 1.84. The molecule has 6 heteroatoms. The Balaban J connectivity index is 4.74. The zero-order valence-corrected chi connectivity index (χ0v) is 10.8. The summed E-state index contributed by atoms with van der Waals surface area (Å²) in [5, 5.41) is 0. The second kappa shape index (κ2) is 6.73. The number of carbonyl (C=O) groups excluding carboxylic acids is 1. The van der Waals surface area contributed by atoms with E-state index >= 15 is 0 Å². The highest BCUT2D eigenvalue weighted by Crippen LogP contribution is 2.11. The summed E-state index contributed by atoms with van der Waals surface area (Å²) in [6.07, 6.45) is 0. The van der Waals surface area contributed by atoms with Gasteiger partial charge >= 0.3 is 14.8 Å². The molecule has 0 aromatic heterocycles. The molecule has 0 unspecified atom stereocenters. The van der Waals surface area contributed by atoms with Crippen molar-refractivity contribution in [2.75, 3.05) is 27.9 Å². The summed E-state index contributed by atoms with van der Waals surface area (Å²) in [4.78, 5) is 11.3. The minimum atomic E-state index is -2.84. The molecule has 5 nitrogen and oxygen atoms in total. The van der Waals surface area contributed by atoms with Gasteiger partial charge in [-0.25, -0.2) is 4.79 Å². The van der Waals surface area contributed by atoms with E-state index in [-0.39, 0.29) is 5.97 Å². The van der Waals surface area contributed by atoms with Crippen molar-refractivity contribution in [3.8, 4) is 0 Å². The van der Waals surface area contributed by atoms with Gasteiger partial charge in [0.25, 0.3) is 0 Å². The van der Waals surface area contributed by atoms with Crippen molar-refractivity contribution in [3.63, 3.8) is 0 Å². The van der Waals surface area contributed by atoms with Crippen LogP contribution < -0.4 is 0 Å². The Morgan fingerprint density at radius 2 is 1.67 bits per heavy atom. The Bertz CT molecular complexity index is 226. The molecule has 0 saturated carbocycles. The Morgan fingerprint density at radius 1 is 1.20 bits per heavy atom. The van der Waals surface area contributed by atoms with Crippen LogP contribution in [0.25, 0.3) is 0 Å². The summed E-state index contributed by atoms with van der Waals surface area (Å²) >= 11 is 0. The molecule has 0 fully saturated rings. The molecule has 0 atom stereocenters. The molecule has 0 saturated heterocycles. The molecule has 0 bridgehead atoms. The van der Waals surface area contributed by atoms with Gasteiger partial charge in [0.2, 0.25) is 0 Å². The predicted octanol–water partition coefficient (Wildman–Crippen LogP) is 0.913. The van der Waals surface area contributed by atoms with E-state index in [1.165, 1.54) is 21.3 Å². The molecule has 0 radical (unpaired) electrons. The molecule has 0 aromatic rings. The molecule has 0 rings (SSSR count). The Kier molecular flexibility index (Phi) is 6.42. The highest BCUT2D eigenvalue weighted by molar-refractivity contribution is 6.66. The van der Waals surface area contributed by atoms with Gasteiger partial charge in [-0.05, 0) is 19.5 Å². The second-order valence-corrected chi connectivity index (χ2v) is 5.48. The molecule has 0 N–H and O–H groups in total. The summed E-state index contributed by atoms with van der Waals surface area (Å²) in [5.41, 5.74) is 1.99. The van der Waals surface area contributed by atoms with E-state index in [9.17, 15) is 4.79 Å². The summed E-state index contributed by atoms with van der Waals surface area (Å²) in [5.74, 6) is -0.388. The van der Waals surface area contributed by atoms with E-state index in [4.69, 9.17) is 18.0 Å². The van der Waals surface area contributed by atoms with E-state index < -0.39 is 8.80 Å². The van der Waals surface area contributed by atoms with Gasteiger partial charge in [0, 0.05) is 26.9 Å². The van der Waals surface area contributed by atoms with E-state index in [1.54, 1.807) is 19.5 Å². The second-order valence-electron chi connectivity index (χ2n) is 2.76. The first-order valence-electron chi connectivity index (χ1n) is 4.57. The molecule has 0 aliphatic heterocycles. The molecule has 0 aliphatic carbocycles. The topological polar surface area (TPSA) is 54.0 Å². The fourth-order valence-corrected chi connectivity index (χ4v) is 2.50. The Morgan fingerprint density at radius 3 is 2.00 bits per heavy atom. The smallest absolute Gasteiger partial charge is 0.463 e. The van der Waals surface area contributed by atoms with Crippen molar-refractivity contribution in [1.82, 2.24) is 0 Å². The first-order chi connectivity index (χ1) is 7.05. The normalized spacial score (nSPS) is 12.7. The third-order valence-corrected chi connectivity index (χ3v) is 4.34. The molecule has 0 amide bonds.